The molecule has 3 aromatic rings. The van der Waals surface area contributed by atoms with E-state index in [1.807, 2.05) is 11.6 Å². The van der Waals surface area contributed by atoms with Crippen LogP contribution in [0.4, 0.5) is 5.13 Å². The van der Waals surface area contributed by atoms with Crippen LogP contribution in [0, 0.1) is 6.92 Å². The second-order valence-corrected chi connectivity index (χ2v) is 6.89. The maximum Gasteiger partial charge on any atom is 0.181 e. The third kappa shape index (κ3) is 2.82. The predicted octanol–water partition coefficient (Wildman–Crippen LogP) is 3.28. The number of rotatable bonds is 4. The second kappa shape index (κ2) is 5.47. The van der Waals surface area contributed by atoms with Crippen LogP contribution in [0.5, 0.6) is 0 Å². The van der Waals surface area contributed by atoms with Gasteiger partial charge in [-0.1, -0.05) is 17.4 Å². The van der Waals surface area contributed by atoms with Crippen LogP contribution in [-0.4, -0.2) is 21.9 Å². The molecule has 0 aliphatic rings. The van der Waals surface area contributed by atoms with E-state index in [1.165, 1.54) is 10.4 Å². The molecule has 0 spiro atoms. The molecule has 0 aliphatic carbocycles. The van der Waals surface area contributed by atoms with Crippen molar-refractivity contribution in [2.24, 2.45) is 0 Å². The lowest BCUT2D eigenvalue weighted by atomic mass is 10.2. The predicted molar refractivity (Wildman–Crippen MR) is 86.1 cm³/mol. The fourth-order valence-electron chi connectivity index (χ4n) is 2.18. The average molecular weight is 304 g/mol. The van der Waals surface area contributed by atoms with Gasteiger partial charge in [0.25, 0.3) is 0 Å². The van der Waals surface area contributed by atoms with Gasteiger partial charge in [-0.2, -0.15) is 0 Å². The molecule has 0 unspecified atom stereocenters. The van der Waals surface area contributed by atoms with E-state index in [2.05, 4.69) is 41.0 Å². The monoisotopic (exact) mass is 304 g/mol. The quantitative estimate of drug-likeness (QED) is 0.803. The lowest BCUT2D eigenvalue weighted by molar-refractivity contribution is 0.321. The van der Waals surface area contributed by atoms with E-state index in [-0.39, 0.29) is 0 Å². The van der Waals surface area contributed by atoms with Gasteiger partial charge in [0, 0.05) is 18.0 Å². The molecule has 3 rings (SSSR count). The first-order chi connectivity index (χ1) is 9.61. The highest BCUT2D eigenvalue weighted by molar-refractivity contribution is 7.22. The molecule has 0 aliphatic heterocycles. The molecule has 4 nitrogen and oxygen atoms in total. The number of aromatic nitrogens is 2. The van der Waals surface area contributed by atoms with Crippen molar-refractivity contribution in [2.45, 2.75) is 20.0 Å². The van der Waals surface area contributed by atoms with Crippen LogP contribution in [0.1, 0.15) is 16.1 Å². The minimum Gasteiger partial charge on any atom is -0.375 e. The highest BCUT2D eigenvalue weighted by Gasteiger charge is 2.08. The summed E-state index contributed by atoms with van der Waals surface area (Å²) in [4.78, 5) is 12.2. The van der Waals surface area contributed by atoms with E-state index in [9.17, 15) is 0 Å². The zero-order valence-electron chi connectivity index (χ0n) is 11.5. The molecule has 0 fully saturated rings. The van der Waals surface area contributed by atoms with Crippen LogP contribution in [0.2, 0.25) is 0 Å². The van der Waals surface area contributed by atoms with Gasteiger partial charge in [0.05, 0.1) is 21.4 Å². The SMILES string of the molecule is Cc1ncsc1CN(C)Cc1ccc2nc(N)sc2c1. The number of hydrogen-bond donors (Lipinski definition) is 1. The van der Waals surface area contributed by atoms with Crippen LogP contribution in [0.25, 0.3) is 10.2 Å². The van der Waals surface area contributed by atoms with Crippen molar-refractivity contribution in [3.63, 3.8) is 0 Å². The zero-order chi connectivity index (χ0) is 14.1. The van der Waals surface area contributed by atoms with Crippen molar-refractivity contribution in [1.29, 1.82) is 0 Å². The molecule has 1 aromatic carbocycles. The summed E-state index contributed by atoms with van der Waals surface area (Å²) >= 11 is 3.26. The number of nitrogens with zero attached hydrogens (tertiary/aromatic N) is 3. The first-order valence-corrected chi connectivity index (χ1v) is 8.04. The number of nitrogen functional groups attached to an aromatic ring is 1. The molecule has 6 heteroatoms. The standard InChI is InChI=1S/C14H16N4S2/c1-9-13(19-8-16-9)7-18(2)6-10-3-4-11-12(5-10)20-14(15)17-11/h3-5,8H,6-7H2,1-2H3,(H2,15,17). The summed E-state index contributed by atoms with van der Waals surface area (Å²) in [7, 11) is 2.13. The summed E-state index contributed by atoms with van der Waals surface area (Å²) in [6.07, 6.45) is 0. The Morgan fingerprint density at radius 1 is 1.30 bits per heavy atom. The summed E-state index contributed by atoms with van der Waals surface area (Å²) in [6, 6.07) is 6.35. The van der Waals surface area contributed by atoms with Crippen LogP contribution >= 0.6 is 22.7 Å². The van der Waals surface area contributed by atoms with Crippen molar-refractivity contribution < 1.29 is 0 Å². The molecule has 0 amide bonds. The van der Waals surface area contributed by atoms with Gasteiger partial charge in [0.2, 0.25) is 0 Å². The molecule has 0 saturated carbocycles. The topological polar surface area (TPSA) is 55.0 Å². The van der Waals surface area contributed by atoms with Gasteiger partial charge in [-0.25, -0.2) is 9.97 Å². The highest BCUT2D eigenvalue weighted by Crippen LogP contribution is 2.25. The van der Waals surface area contributed by atoms with Crippen molar-refractivity contribution >= 4 is 38.0 Å². The summed E-state index contributed by atoms with van der Waals surface area (Å²) in [5.74, 6) is 0. The molecule has 0 radical (unpaired) electrons. The number of benzene rings is 1. The maximum atomic E-state index is 5.74. The number of anilines is 1. The Bertz CT molecular complexity index is 732. The highest BCUT2D eigenvalue weighted by atomic mass is 32.1. The molecular formula is C14H16N4S2. The second-order valence-electron chi connectivity index (χ2n) is 4.89. The normalized spacial score (nSPS) is 11.6. The van der Waals surface area contributed by atoms with E-state index in [0.29, 0.717) is 5.13 Å². The first-order valence-electron chi connectivity index (χ1n) is 6.34. The van der Waals surface area contributed by atoms with Crippen LogP contribution < -0.4 is 5.73 Å². The molecule has 0 bridgehead atoms. The minimum absolute atomic E-state index is 0.630. The average Bonchev–Trinajstić information content (AvgIpc) is 2.94. The number of nitrogens with two attached hydrogens (primary N) is 1. The van der Waals surface area contributed by atoms with Crippen molar-refractivity contribution in [3.05, 3.63) is 39.8 Å². The number of hydrogen-bond acceptors (Lipinski definition) is 6. The van der Waals surface area contributed by atoms with Gasteiger partial charge in [-0.15, -0.1) is 11.3 Å². The van der Waals surface area contributed by atoms with Gasteiger partial charge in [0.1, 0.15) is 0 Å². The Labute approximate surface area is 125 Å². The van der Waals surface area contributed by atoms with E-state index in [1.54, 1.807) is 22.7 Å². The Hall–Kier alpha value is -1.50. The fourth-order valence-corrected chi connectivity index (χ4v) is 3.83. The van der Waals surface area contributed by atoms with Crippen molar-refractivity contribution in [3.8, 4) is 0 Å². The summed E-state index contributed by atoms with van der Waals surface area (Å²) in [5.41, 5.74) is 11.0. The molecule has 2 aromatic heterocycles. The minimum atomic E-state index is 0.630. The van der Waals surface area contributed by atoms with Crippen LogP contribution in [0.3, 0.4) is 0 Å². The molecule has 2 N–H and O–H groups in total. The van der Waals surface area contributed by atoms with Gasteiger partial charge >= 0.3 is 0 Å². The molecule has 104 valence electrons. The summed E-state index contributed by atoms with van der Waals surface area (Å²) in [6.45, 7) is 3.90. The van der Waals surface area contributed by atoms with Crippen molar-refractivity contribution in [2.75, 3.05) is 12.8 Å². The first kappa shape index (κ1) is 13.5. The van der Waals surface area contributed by atoms with Gasteiger partial charge < -0.3 is 5.73 Å². The molecule has 0 saturated heterocycles. The third-order valence-corrected chi connectivity index (χ3v) is 4.95. The summed E-state index contributed by atoms with van der Waals surface area (Å²) < 4.78 is 1.15. The van der Waals surface area contributed by atoms with E-state index in [0.717, 1.165) is 29.0 Å². The van der Waals surface area contributed by atoms with Gasteiger partial charge in [0.15, 0.2) is 5.13 Å². The van der Waals surface area contributed by atoms with Gasteiger partial charge in [-0.3, -0.25) is 4.90 Å². The van der Waals surface area contributed by atoms with Crippen LogP contribution in [-0.2, 0) is 13.1 Å². The lowest BCUT2D eigenvalue weighted by Crippen LogP contribution is -2.17. The number of fused-ring (bicyclic) bond motifs is 1. The molecule has 20 heavy (non-hydrogen) atoms. The van der Waals surface area contributed by atoms with Crippen LogP contribution in [0.15, 0.2) is 23.7 Å². The maximum absolute atomic E-state index is 5.74. The van der Waals surface area contributed by atoms with E-state index in [4.69, 9.17) is 5.73 Å². The van der Waals surface area contributed by atoms with Crippen molar-refractivity contribution in [1.82, 2.24) is 14.9 Å². The van der Waals surface area contributed by atoms with Gasteiger partial charge in [-0.05, 0) is 31.7 Å². The Balaban J connectivity index is 1.73. The van der Waals surface area contributed by atoms with E-state index < -0.39 is 0 Å². The Kier molecular flexibility index (Phi) is 3.69. The Morgan fingerprint density at radius 2 is 2.15 bits per heavy atom. The molecular weight excluding hydrogens is 288 g/mol. The third-order valence-electron chi connectivity index (χ3n) is 3.18. The largest absolute Gasteiger partial charge is 0.375 e. The zero-order valence-corrected chi connectivity index (χ0v) is 13.1. The summed E-state index contributed by atoms with van der Waals surface area (Å²) in [5, 5.41) is 0.630. The number of aryl methyl sites for hydroxylation is 1. The fraction of sp³-hybridized carbons (Fsp3) is 0.286. The molecule has 0 atom stereocenters. The Morgan fingerprint density at radius 3 is 2.90 bits per heavy atom. The smallest absolute Gasteiger partial charge is 0.181 e. The number of thiazole rings is 2. The lowest BCUT2D eigenvalue weighted by Gasteiger charge is -2.16. The molecule has 2 heterocycles. The van der Waals surface area contributed by atoms with E-state index >= 15 is 0 Å².